The van der Waals surface area contributed by atoms with Gasteiger partial charge in [-0.25, -0.2) is 17.8 Å². The van der Waals surface area contributed by atoms with Crippen molar-refractivity contribution in [2.24, 2.45) is 0 Å². The number of aliphatic hydroxyl groups excluding tert-OH is 1. The Labute approximate surface area is 279 Å². The molecular formula is C33H35F7N4O4S. The number of fused-ring (bicyclic) bond motifs is 1. The molecule has 3 aromatic rings. The van der Waals surface area contributed by atoms with Crippen molar-refractivity contribution in [2.45, 2.75) is 50.6 Å². The molecule has 2 atom stereocenters. The molecule has 0 aliphatic carbocycles. The lowest BCUT2D eigenvalue weighted by Crippen LogP contribution is -2.64. The lowest BCUT2D eigenvalue weighted by atomic mass is 9.81. The third kappa shape index (κ3) is 7.41. The standard InChI is InChI=1S/C33H35F7N4O4S/c1-19-9-23(34)5-6-26(19)27-13-29(44-16-25-18-49(47,48)8-7-43(25)15-24(44)17-45)41-14-28(27)42(4)30(46)31(2,3)20-10-21(32(35,36)37)12-22(11-20)33(38,39)40/h5-6,9-14,24-25,45H,7-8,15-18H2,1-4H3/t24-,25?/m0/s1. The normalized spacial score (nSPS) is 20.2. The average molecular weight is 717 g/mol. The highest BCUT2D eigenvalue weighted by molar-refractivity contribution is 7.91. The monoisotopic (exact) mass is 716 g/mol. The van der Waals surface area contributed by atoms with Crippen LogP contribution in [0, 0.1) is 12.7 Å². The number of aryl methyl sites for hydroxylation is 1. The number of hydrogen-bond donors (Lipinski definition) is 1. The van der Waals surface area contributed by atoms with Crippen molar-refractivity contribution in [2.75, 3.05) is 54.6 Å². The maximum atomic E-state index is 14.2. The second-order valence-electron chi connectivity index (χ2n) is 13.1. The van der Waals surface area contributed by atoms with E-state index in [1.54, 1.807) is 17.9 Å². The molecule has 0 radical (unpaired) electrons. The smallest absolute Gasteiger partial charge is 0.394 e. The van der Waals surface area contributed by atoms with Crippen LogP contribution in [0.4, 0.5) is 42.2 Å². The van der Waals surface area contributed by atoms with Gasteiger partial charge >= 0.3 is 12.4 Å². The summed E-state index contributed by atoms with van der Waals surface area (Å²) in [7, 11) is -1.98. The lowest BCUT2D eigenvalue weighted by molar-refractivity contribution is -0.143. The minimum Gasteiger partial charge on any atom is -0.394 e. The van der Waals surface area contributed by atoms with E-state index in [1.807, 2.05) is 4.90 Å². The molecule has 0 spiro atoms. The molecule has 16 heteroatoms. The number of pyridine rings is 1. The number of carbonyl (C=O) groups excluding carboxylic acids is 1. The van der Waals surface area contributed by atoms with Crippen molar-refractivity contribution < 1.29 is 49.1 Å². The van der Waals surface area contributed by atoms with E-state index in [2.05, 4.69) is 4.98 Å². The van der Waals surface area contributed by atoms with E-state index >= 15 is 0 Å². The fourth-order valence-corrected chi connectivity index (χ4v) is 8.07. The summed E-state index contributed by atoms with van der Waals surface area (Å²) >= 11 is 0. The first-order valence-electron chi connectivity index (χ1n) is 15.3. The Morgan fingerprint density at radius 3 is 2.14 bits per heavy atom. The van der Waals surface area contributed by atoms with E-state index in [1.165, 1.54) is 45.3 Å². The Hall–Kier alpha value is -3.76. The van der Waals surface area contributed by atoms with Crippen molar-refractivity contribution in [3.63, 3.8) is 0 Å². The van der Waals surface area contributed by atoms with Crippen LogP contribution in [0.1, 0.15) is 36.1 Å². The van der Waals surface area contributed by atoms with E-state index < -0.39 is 62.1 Å². The van der Waals surface area contributed by atoms with Gasteiger partial charge in [-0.05, 0) is 73.9 Å². The molecule has 2 aliphatic heterocycles. The number of amides is 1. The minimum atomic E-state index is -5.12. The third-order valence-electron chi connectivity index (χ3n) is 9.31. The lowest BCUT2D eigenvalue weighted by Gasteiger charge is -2.48. The van der Waals surface area contributed by atoms with E-state index in [0.29, 0.717) is 47.7 Å². The summed E-state index contributed by atoms with van der Waals surface area (Å²) in [5, 5.41) is 10.3. The highest BCUT2D eigenvalue weighted by atomic mass is 32.2. The van der Waals surface area contributed by atoms with Crippen LogP contribution in [0.3, 0.4) is 0 Å². The summed E-state index contributed by atoms with van der Waals surface area (Å²) in [4.78, 5) is 23.5. The second-order valence-corrected chi connectivity index (χ2v) is 15.3. The molecule has 1 aromatic heterocycles. The molecule has 5 rings (SSSR count). The fourth-order valence-electron chi connectivity index (χ4n) is 6.49. The number of aliphatic hydroxyl groups is 1. The first kappa shape index (κ1) is 36.5. The maximum absolute atomic E-state index is 14.2. The predicted molar refractivity (Wildman–Crippen MR) is 169 cm³/mol. The van der Waals surface area contributed by atoms with E-state index in [-0.39, 0.29) is 42.5 Å². The number of sulfone groups is 1. The number of halogens is 7. The Kier molecular flexibility index (Phi) is 9.57. The van der Waals surface area contributed by atoms with Crippen LogP contribution >= 0.6 is 0 Å². The zero-order valence-electron chi connectivity index (χ0n) is 27.0. The summed E-state index contributed by atoms with van der Waals surface area (Å²) < 4.78 is 121. The number of alkyl halides is 6. The largest absolute Gasteiger partial charge is 0.416 e. The topological polar surface area (TPSA) is 94.1 Å². The molecule has 0 bridgehead atoms. The molecular weight excluding hydrogens is 681 g/mol. The first-order chi connectivity index (χ1) is 22.6. The summed E-state index contributed by atoms with van der Waals surface area (Å²) in [6.45, 7) is 4.66. The molecule has 2 fully saturated rings. The van der Waals surface area contributed by atoms with Crippen LogP contribution < -0.4 is 9.80 Å². The summed E-state index contributed by atoms with van der Waals surface area (Å²) in [6, 6.07) is 5.70. The number of piperazine rings is 1. The van der Waals surface area contributed by atoms with Crippen molar-refractivity contribution in [1.82, 2.24) is 9.88 Å². The number of likely N-dealkylation sites (N-methyl/N-ethyl adjacent to an activating group) is 1. The van der Waals surface area contributed by atoms with Gasteiger partial charge in [-0.3, -0.25) is 9.69 Å². The number of hydrogen-bond acceptors (Lipinski definition) is 7. The molecule has 1 unspecified atom stereocenters. The van der Waals surface area contributed by atoms with Crippen LogP contribution in [-0.2, 0) is 32.4 Å². The van der Waals surface area contributed by atoms with Gasteiger partial charge < -0.3 is 14.9 Å². The highest BCUT2D eigenvalue weighted by Crippen LogP contribution is 2.41. The zero-order valence-corrected chi connectivity index (χ0v) is 27.8. The van der Waals surface area contributed by atoms with Crippen LogP contribution in [0.15, 0.2) is 48.7 Å². The zero-order chi connectivity index (χ0) is 36.3. The van der Waals surface area contributed by atoms with Crippen molar-refractivity contribution in [3.8, 4) is 11.1 Å². The molecule has 266 valence electrons. The fraction of sp³-hybridized carbons (Fsp3) is 0.455. The van der Waals surface area contributed by atoms with Gasteiger partial charge in [0.2, 0.25) is 5.91 Å². The quantitative estimate of drug-likeness (QED) is 0.339. The maximum Gasteiger partial charge on any atom is 0.416 e. The van der Waals surface area contributed by atoms with Crippen LogP contribution in [0.25, 0.3) is 11.1 Å². The van der Waals surface area contributed by atoms with Crippen LogP contribution in [0.5, 0.6) is 0 Å². The molecule has 1 N–H and O–H groups in total. The second kappa shape index (κ2) is 12.8. The minimum absolute atomic E-state index is 0.00592. The van der Waals surface area contributed by atoms with Gasteiger partial charge in [-0.2, -0.15) is 26.3 Å². The molecule has 1 amide bonds. The Bertz CT molecular complexity index is 1830. The van der Waals surface area contributed by atoms with Gasteiger partial charge in [-0.15, -0.1) is 0 Å². The molecule has 2 aromatic carbocycles. The molecule has 2 saturated heterocycles. The van der Waals surface area contributed by atoms with Gasteiger partial charge in [0.25, 0.3) is 0 Å². The van der Waals surface area contributed by atoms with Crippen LogP contribution in [0.2, 0.25) is 0 Å². The summed E-state index contributed by atoms with van der Waals surface area (Å²) in [5.41, 5.74) is -4.17. The van der Waals surface area contributed by atoms with E-state index in [4.69, 9.17) is 0 Å². The Morgan fingerprint density at radius 1 is 0.959 bits per heavy atom. The highest BCUT2D eigenvalue weighted by Gasteiger charge is 2.42. The van der Waals surface area contributed by atoms with Gasteiger partial charge in [0.05, 0.1) is 52.6 Å². The van der Waals surface area contributed by atoms with E-state index in [9.17, 15) is 49.1 Å². The number of benzene rings is 2. The van der Waals surface area contributed by atoms with Gasteiger partial charge in [0.1, 0.15) is 11.6 Å². The predicted octanol–water partition coefficient (Wildman–Crippen LogP) is 5.45. The summed E-state index contributed by atoms with van der Waals surface area (Å²) in [6.07, 6.45) is -8.92. The Morgan fingerprint density at radius 2 is 1.57 bits per heavy atom. The van der Waals surface area contributed by atoms with Gasteiger partial charge in [-0.1, -0.05) is 6.07 Å². The molecule has 8 nitrogen and oxygen atoms in total. The molecule has 0 saturated carbocycles. The number of rotatable bonds is 6. The van der Waals surface area contributed by atoms with Gasteiger partial charge in [0.15, 0.2) is 9.84 Å². The SMILES string of the molecule is Cc1cc(F)ccc1-c1cc(N2CC3CS(=O)(=O)CCN3C[C@H]2CO)ncc1N(C)C(=O)C(C)(C)c1cc(C(F)(F)F)cc(C(F)(F)F)c1. The third-order valence-corrected chi connectivity index (χ3v) is 11.0. The average Bonchev–Trinajstić information content (AvgIpc) is 3.01. The van der Waals surface area contributed by atoms with Crippen LogP contribution in [-0.4, -0.2) is 86.2 Å². The van der Waals surface area contributed by atoms with E-state index in [0.717, 1.165) is 4.90 Å². The molecule has 2 aliphatic rings. The summed E-state index contributed by atoms with van der Waals surface area (Å²) in [5.74, 6) is -1.15. The molecule has 49 heavy (non-hydrogen) atoms. The van der Waals surface area contributed by atoms with Gasteiger partial charge in [0, 0.05) is 38.3 Å². The van der Waals surface area contributed by atoms with Crippen molar-refractivity contribution in [3.05, 3.63) is 76.7 Å². The number of carbonyl (C=O) groups is 1. The van der Waals surface area contributed by atoms with Crippen molar-refractivity contribution >= 4 is 27.2 Å². The number of aromatic nitrogens is 1. The van der Waals surface area contributed by atoms with Crippen molar-refractivity contribution in [1.29, 1.82) is 0 Å². The number of nitrogens with zero attached hydrogens (tertiary/aromatic N) is 4. The number of anilines is 2. The Balaban J connectivity index is 1.59. The molecule has 3 heterocycles. The first-order valence-corrected chi connectivity index (χ1v) is 17.1.